The van der Waals surface area contributed by atoms with E-state index in [4.69, 9.17) is 21.4 Å². The molecule has 0 saturated heterocycles. The van der Waals surface area contributed by atoms with Crippen molar-refractivity contribution in [2.45, 2.75) is 6.92 Å². The number of methoxy groups -OCH3 is 1. The summed E-state index contributed by atoms with van der Waals surface area (Å²) in [6.45, 7) is 1.93. The van der Waals surface area contributed by atoms with Crippen LogP contribution in [0, 0.1) is 4.77 Å². The second kappa shape index (κ2) is 7.10. The lowest BCUT2D eigenvalue weighted by Crippen LogP contribution is -1.95. The van der Waals surface area contributed by atoms with E-state index in [1.165, 1.54) is 0 Å². The standard InChI is InChI=1S/C17H16N4O2S/c1-12(9-15-7-4-8-23-15)11-18-21-16(19-20-17(21)24)13-5-3-6-14(10-13)22-2/h3-11H,1-2H3,(H,20,24). The Balaban J connectivity index is 1.93. The highest BCUT2D eigenvalue weighted by Gasteiger charge is 2.08. The van der Waals surface area contributed by atoms with Crippen molar-refractivity contribution in [1.29, 1.82) is 0 Å². The van der Waals surface area contributed by atoms with Crippen LogP contribution in [-0.2, 0) is 0 Å². The molecule has 0 fully saturated rings. The van der Waals surface area contributed by atoms with Gasteiger partial charge in [0.05, 0.1) is 19.6 Å². The largest absolute Gasteiger partial charge is 0.497 e. The highest BCUT2D eigenvalue weighted by molar-refractivity contribution is 7.71. The van der Waals surface area contributed by atoms with E-state index in [1.54, 1.807) is 24.3 Å². The number of furan rings is 1. The molecule has 0 amide bonds. The summed E-state index contributed by atoms with van der Waals surface area (Å²) in [5.74, 6) is 2.12. The predicted octanol–water partition coefficient (Wildman–Crippen LogP) is 4.15. The maximum absolute atomic E-state index is 5.29. The van der Waals surface area contributed by atoms with Gasteiger partial charge in [-0.2, -0.15) is 14.9 Å². The topological polar surface area (TPSA) is 68.3 Å². The smallest absolute Gasteiger partial charge is 0.216 e. The summed E-state index contributed by atoms with van der Waals surface area (Å²) in [7, 11) is 1.62. The Morgan fingerprint density at radius 2 is 2.25 bits per heavy atom. The van der Waals surface area contributed by atoms with Gasteiger partial charge in [-0.25, -0.2) is 5.10 Å². The first kappa shape index (κ1) is 15.9. The van der Waals surface area contributed by atoms with Crippen molar-refractivity contribution in [2.24, 2.45) is 5.10 Å². The van der Waals surface area contributed by atoms with Crippen LogP contribution in [0.1, 0.15) is 12.7 Å². The number of nitrogens with zero attached hydrogens (tertiary/aromatic N) is 3. The van der Waals surface area contributed by atoms with Crippen LogP contribution in [0.3, 0.4) is 0 Å². The van der Waals surface area contributed by atoms with Crippen LogP contribution in [0.5, 0.6) is 5.75 Å². The monoisotopic (exact) mass is 340 g/mol. The molecule has 7 heteroatoms. The molecule has 0 aliphatic carbocycles. The number of nitrogens with one attached hydrogen (secondary N) is 1. The van der Waals surface area contributed by atoms with Gasteiger partial charge in [0.1, 0.15) is 11.5 Å². The third-order valence-corrected chi connectivity index (χ3v) is 3.53. The number of H-pyrrole nitrogens is 1. The van der Waals surface area contributed by atoms with E-state index >= 15 is 0 Å². The van der Waals surface area contributed by atoms with E-state index < -0.39 is 0 Å². The normalized spacial score (nSPS) is 12.0. The van der Waals surface area contributed by atoms with Gasteiger partial charge in [-0.15, -0.1) is 0 Å². The van der Waals surface area contributed by atoms with Gasteiger partial charge in [-0.1, -0.05) is 12.1 Å². The molecule has 2 aromatic heterocycles. The molecule has 0 saturated carbocycles. The van der Waals surface area contributed by atoms with Gasteiger partial charge >= 0.3 is 0 Å². The molecule has 0 atom stereocenters. The summed E-state index contributed by atoms with van der Waals surface area (Å²) >= 11 is 5.26. The number of hydrogen-bond donors (Lipinski definition) is 1. The minimum atomic E-state index is 0.412. The number of aromatic amines is 1. The predicted molar refractivity (Wildman–Crippen MR) is 95.6 cm³/mol. The molecular formula is C17H16N4O2S. The lowest BCUT2D eigenvalue weighted by atomic mass is 10.2. The molecule has 24 heavy (non-hydrogen) atoms. The summed E-state index contributed by atoms with van der Waals surface area (Å²) < 4.78 is 12.5. The Morgan fingerprint density at radius 3 is 3.00 bits per heavy atom. The molecule has 3 aromatic rings. The summed E-state index contributed by atoms with van der Waals surface area (Å²) in [6.07, 6.45) is 5.22. The van der Waals surface area contributed by atoms with Crippen LogP contribution in [0.4, 0.5) is 0 Å². The number of benzene rings is 1. The number of hydrogen-bond acceptors (Lipinski definition) is 5. The zero-order valence-corrected chi connectivity index (χ0v) is 14.1. The molecule has 0 radical (unpaired) electrons. The van der Waals surface area contributed by atoms with Crippen LogP contribution in [0.25, 0.3) is 17.5 Å². The van der Waals surface area contributed by atoms with E-state index in [0.29, 0.717) is 10.6 Å². The van der Waals surface area contributed by atoms with Crippen molar-refractivity contribution >= 4 is 24.5 Å². The third-order valence-electron chi connectivity index (χ3n) is 3.27. The summed E-state index contributed by atoms with van der Waals surface area (Å²) in [6, 6.07) is 11.3. The molecule has 0 bridgehead atoms. The van der Waals surface area contributed by atoms with Gasteiger partial charge in [-0.05, 0) is 55.1 Å². The highest BCUT2D eigenvalue weighted by Crippen LogP contribution is 2.22. The van der Waals surface area contributed by atoms with Gasteiger partial charge in [0, 0.05) is 5.56 Å². The van der Waals surface area contributed by atoms with Gasteiger partial charge in [-0.3, -0.25) is 0 Å². The van der Waals surface area contributed by atoms with E-state index in [0.717, 1.165) is 22.6 Å². The first-order valence-electron chi connectivity index (χ1n) is 7.25. The number of allylic oxidation sites excluding steroid dienone is 1. The van der Waals surface area contributed by atoms with Gasteiger partial charge < -0.3 is 9.15 Å². The lowest BCUT2D eigenvalue weighted by Gasteiger charge is -2.03. The molecule has 122 valence electrons. The average molecular weight is 340 g/mol. The molecule has 1 aromatic carbocycles. The number of rotatable bonds is 5. The van der Waals surface area contributed by atoms with E-state index in [9.17, 15) is 0 Å². The first-order valence-corrected chi connectivity index (χ1v) is 7.66. The molecular weight excluding hydrogens is 324 g/mol. The Hall–Kier alpha value is -2.93. The van der Waals surface area contributed by atoms with Crippen molar-refractivity contribution in [1.82, 2.24) is 14.9 Å². The second-order valence-corrected chi connectivity index (χ2v) is 5.43. The third kappa shape index (κ3) is 3.52. The zero-order valence-electron chi connectivity index (χ0n) is 13.3. The van der Waals surface area contributed by atoms with Crippen LogP contribution in [0.15, 0.2) is 57.8 Å². The van der Waals surface area contributed by atoms with E-state index in [1.807, 2.05) is 49.4 Å². The fourth-order valence-corrected chi connectivity index (χ4v) is 2.31. The SMILES string of the molecule is COc1cccc(-c2n[nH]c(=S)n2N=CC(C)=Cc2ccco2)c1. The van der Waals surface area contributed by atoms with Gasteiger partial charge in [0.2, 0.25) is 4.77 Å². The zero-order chi connectivity index (χ0) is 16.9. The van der Waals surface area contributed by atoms with Crippen LogP contribution >= 0.6 is 12.2 Å². The summed E-state index contributed by atoms with van der Waals surface area (Å²) in [5, 5.41) is 11.4. The Kier molecular flexibility index (Phi) is 4.72. The van der Waals surface area contributed by atoms with E-state index in [2.05, 4.69) is 15.3 Å². The van der Waals surface area contributed by atoms with Gasteiger partial charge in [0.15, 0.2) is 5.82 Å². The fourth-order valence-electron chi connectivity index (χ4n) is 2.13. The molecule has 0 spiro atoms. The quantitative estimate of drug-likeness (QED) is 0.560. The Morgan fingerprint density at radius 1 is 1.38 bits per heavy atom. The molecule has 0 unspecified atom stereocenters. The molecule has 2 heterocycles. The van der Waals surface area contributed by atoms with Crippen LogP contribution in [0.2, 0.25) is 0 Å². The number of ether oxygens (including phenoxy) is 1. The summed E-state index contributed by atoms with van der Waals surface area (Å²) in [4.78, 5) is 0. The number of aromatic nitrogens is 3. The minimum absolute atomic E-state index is 0.412. The van der Waals surface area contributed by atoms with Crippen molar-refractivity contribution in [3.8, 4) is 17.1 Å². The molecule has 1 N–H and O–H groups in total. The van der Waals surface area contributed by atoms with Gasteiger partial charge in [0.25, 0.3) is 0 Å². The van der Waals surface area contributed by atoms with Crippen molar-refractivity contribution in [2.75, 3.05) is 7.11 Å². The van der Waals surface area contributed by atoms with Crippen molar-refractivity contribution in [3.05, 3.63) is 58.8 Å². The molecule has 3 rings (SSSR count). The molecule has 6 nitrogen and oxygen atoms in total. The van der Waals surface area contributed by atoms with Crippen LogP contribution < -0.4 is 4.74 Å². The Bertz CT molecular complexity index is 936. The van der Waals surface area contributed by atoms with Crippen LogP contribution in [-0.4, -0.2) is 28.2 Å². The molecule has 0 aliphatic heterocycles. The lowest BCUT2D eigenvalue weighted by molar-refractivity contribution is 0.415. The minimum Gasteiger partial charge on any atom is -0.497 e. The summed E-state index contributed by atoms with van der Waals surface area (Å²) in [5.41, 5.74) is 1.77. The van der Waals surface area contributed by atoms with Crippen molar-refractivity contribution < 1.29 is 9.15 Å². The average Bonchev–Trinajstić information content (AvgIpc) is 3.23. The molecule has 0 aliphatic rings. The Labute approximate surface area is 144 Å². The fraction of sp³-hybridized carbons (Fsp3) is 0.118. The maximum atomic E-state index is 5.29. The second-order valence-electron chi connectivity index (χ2n) is 5.04. The maximum Gasteiger partial charge on any atom is 0.216 e. The van der Waals surface area contributed by atoms with Crippen molar-refractivity contribution in [3.63, 3.8) is 0 Å². The highest BCUT2D eigenvalue weighted by atomic mass is 32.1. The van der Waals surface area contributed by atoms with E-state index in [-0.39, 0.29) is 0 Å². The first-order chi connectivity index (χ1) is 11.7.